The normalized spacial score (nSPS) is 11.9. The Balaban J connectivity index is 2.62. The monoisotopic (exact) mass is 284 g/mol. The molecule has 0 aliphatic carbocycles. The molecule has 8 heteroatoms. The molecule has 20 heavy (non-hydrogen) atoms. The summed E-state index contributed by atoms with van der Waals surface area (Å²) in [4.78, 5) is 24.6. The summed E-state index contributed by atoms with van der Waals surface area (Å²) >= 11 is 0. The van der Waals surface area contributed by atoms with Gasteiger partial charge in [-0.25, -0.2) is 9.59 Å². The summed E-state index contributed by atoms with van der Waals surface area (Å²) in [6.45, 7) is 1.03. The highest BCUT2D eigenvalue weighted by atomic mass is 16.5. The van der Waals surface area contributed by atoms with Gasteiger partial charge in [0.15, 0.2) is 6.04 Å². The number of methoxy groups -OCH3 is 1. The summed E-state index contributed by atoms with van der Waals surface area (Å²) in [5, 5.41) is 15.6. The van der Waals surface area contributed by atoms with Gasteiger partial charge in [0.2, 0.25) is 0 Å². The van der Waals surface area contributed by atoms with Gasteiger partial charge in [-0.1, -0.05) is 0 Å². The summed E-state index contributed by atoms with van der Waals surface area (Å²) < 4.78 is 6.39. The van der Waals surface area contributed by atoms with E-state index in [1.165, 1.54) is 15.8 Å². The second-order valence-electron chi connectivity index (χ2n) is 4.44. The summed E-state index contributed by atoms with van der Waals surface area (Å²) in [6, 6.07) is -1.56. The minimum absolute atomic E-state index is 0.429. The highest BCUT2D eigenvalue weighted by molar-refractivity contribution is 5.83. The first-order valence-electron chi connectivity index (χ1n) is 6.17. The molecule has 0 aliphatic rings. The molecule has 1 aromatic rings. The molecule has 1 aromatic heterocycles. The molecule has 112 valence electrons. The van der Waals surface area contributed by atoms with E-state index in [9.17, 15) is 14.7 Å². The fraction of sp³-hybridized carbons (Fsp3) is 0.583. The van der Waals surface area contributed by atoms with E-state index in [0.29, 0.717) is 25.1 Å². The molecule has 2 N–H and O–H groups in total. The van der Waals surface area contributed by atoms with Gasteiger partial charge in [0.05, 0.1) is 6.20 Å². The van der Waals surface area contributed by atoms with Crippen LogP contribution in [0.15, 0.2) is 12.4 Å². The Morgan fingerprint density at radius 2 is 2.30 bits per heavy atom. The van der Waals surface area contributed by atoms with Gasteiger partial charge in [-0.05, 0) is 6.42 Å². The average Bonchev–Trinajstić information content (AvgIpc) is 2.81. The van der Waals surface area contributed by atoms with Crippen LogP contribution >= 0.6 is 0 Å². The van der Waals surface area contributed by atoms with E-state index >= 15 is 0 Å². The van der Waals surface area contributed by atoms with Crippen molar-refractivity contribution < 1.29 is 19.4 Å². The second-order valence-corrected chi connectivity index (χ2v) is 4.44. The van der Waals surface area contributed by atoms with E-state index in [1.54, 1.807) is 27.4 Å². The van der Waals surface area contributed by atoms with Crippen molar-refractivity contribution in [3.63, 3.8) is 0 Å². The summed E-state index contributed by atoms with van der Waals surface area (Å²) in [5.74, 6) is -1.13. The van der Waals surface area contributed by atoms with E-state index in [1.807, 2.05) is 0 Å². The van der Waals surface area contributed by atoms with Crippen LogP contribution in [0.5, 0.6) is 0 Å². The highest BCUT2D eigenvalue weighted by Gasteiger charge is 2.24. The van der Waals surface area contributed by atoms with Crippen molar-refractivity contribution in [1.82, 2.24) is 20.0 Å². The van der Waals surface area contributed by atoms with E-state index in [2.05, 4.69) is 10.4 Å². The largest absolute Gasteiger partial charge is 0.479 e. The molecule has 2 amide bonds. The van der Waals surface area contributed by atoms with E-state index < -0.39 is 18.0 Å². The lowest BCUT2D eigenvalue weighted by molar-refractivity contribution is -0.139. The summed E-state index contributed by atoms with van der Waals surface area (Å²) in [6.07, 6.45) is 3.67. The number of hydrogen-bond donors (Lipinski definition) is 2. The predicted molar refractivity (Wildman–Crippen MR) is 71.2 cm³/mol. The number of ether oxygens (including phenoxy) is 1. The molecule has 0 spiro atoms. The van der Waals surface area contributed by atoms with E-state index in [-0.39, 0.29) is 0 Å². The number of aryl methyl sites for hydroxylation is 1. The zero-order valence-electron chi connectivity index (χ0n) is 11.9. The average molecular weight is 284 g/mol. The number of nitrogens with one attached hydrogen (secondary N) is 1. The molecule has 1 atom stereocenters. The van der Waals surface area contributed by atoms with Gasteiger partial charge in [-0.3, -0.25) is 4.68 Å². The topological polar surface area (TPSA) is 96.7 Å². The molecule has 0 aromatic carbocycles. The summed E-state index contributed by atoms with van der Waals surface area (Å²) in [5.41, 5.74) is 0.429. The van der Waals surface area contributed by atoms with E-state index in [0.717, 1.165) is 0 Å². The van der Waals surface area contributed by atoms with Crippen molar-refractivity contribution in [3.8, 4) is 0 Å². The second kappa shape index (κ2) is 7.49. The first kappa shape index (κ1) is 16.0. The quantitative estimate of drug-likeness (QED) is 0.698. The number of hydrogen-bond acceptors (Lipinski definition) is 4. The van der Waals surface area contributed by atoms with Crippen molar-refractivity contribution in [1.29, 1.82) is 0 Å². The minimum atomic E-state index is -1.13. The van der Waals surface area contributed by atoms with Crippen molar-refractivity contribution in [2.75, 3.05) is 27.3 Å². The third kappa shape index (κ3) is 4.54. The fourth-order valence-electron chi connectivity index (χ4n) is 1.66. The molecule has 1 heterocycles. The maximum atomic E-state index is 11.9. The van der Waals surface area contributed by atoms with Crippen LogP contribution in [0.25, 0.3) is 0 Å². The van der Waals surface area contributed by atoms with Crippen molar-refractivity contribution in [2.24, 2.45) is 7.05 Å². The number of urea groups is 1. The number of carboxylic acid groups (broad SMARTS) is 1. The molecular formula is C12H20N4O4. The maximum Gasteiger partial charge on any atom is 0.331 e. The van der Waals surface area contributed by atoms with Crippen LogP contribution in [0.1, 0.15) is 18.0 Å². The van der Waals surface area contributed by atoms with Gasteiger partial charge >= 0.3 is 12.0 Å². The Kier molecular flexibility index (Phi) is 5.98. The Morgan fingerprint density at radius 1 is 1.60 bits per heavy atom. The molecule has 1 unspecified atom stereocenters. The zero-order chi connectivity index (χ0) is 15.1. The first-order valence-corrected chi connectivity index (χ1v) is 6.17. The number of nitrogens with zero attached hydrogens (tertiary/aromatic N) is 3. The van der Waals surface area contributed by atoms with Crippen LogP contribution in [0, 0.1) is 0 Å². The zero-order valence-corrected chi connectivity index (χ0v) is 11.9. The van der Waals surface area contributed by atoms with Gasteiger partial charge in [0, 0.05) is 46.1 Å². The molecule has 0 fully saturated rings. The number of aromatic nitrogens is 2. The Bertz CT molecular complexity index is 460. The van der Waals surface area contributed by atoms with Crippen LogP contribution in [-0.2, 0) is 16.6 Å². The molecule has 8 nitrogen and oxygen atoms in total. The van der Waals surface area contributed by atoms with Gasteiger partial charge in [-0.2, -0.15) is 5.10 Å². The lowest BCUT2D eigenvalue weighted by atomic mass is 10.1. The van der Waals surface area contributed by atoms with Gasteiger partial charge in [0.25, 0.3) is 0 Å². The molecule has 0 saturated carbocycles. The maximum absolute atomic E-state index is 11.9. The Morgan fingerprint density at radius 3 is 2.80 bits per heavy atom. The van der Waals surface area contributed by atoms with Crippen LogP contribution in [0.4, 0.5) is 4.79 Å². The lowest BCUT2D eigenvalue weighted by Crippen LogP contribution is -2.42. The SMILES string of the molecule is COCCCN(C)C(=O)NC(C(=O)O)c1cnn(C)c1. The molecule has 1 rings (SSSR count). The Hall–Kier alpha value is -2.09. The standard InChI is InChI=1S/C12H20N4O4/c1-15(5-4-6-20-3)12(19)14-10(11(17)18)9-7-13-16(2)8-9/h7-8,10H,4-6H2,1-3H3,(H,14,19)(H,17,18). The lowest BCUT2D eigenvalue weighted by Gasteiger charge is -2.20. The van der Waals surface area contributed by atoms with Crippen molar-refractivity contribution in [2.45, 2.75) is 12.5 Å². The van der Waals surface area contributed by atoms with Gasteiger partial charge < -0.3 is 20.1 Å². The molecule has 0 saturated heterocycles. The number of carbonyl (C=O) groups is 2. The molecule has 0 aliphatic heterocycles. The van der Waals surface area contributed by atoms with Gasteiger partial charge in [-0.15, -0.1) is 0 Å². The first-order chi connectivity index (χ1) is 9.45. The number of rotatable bonds is 7. The number of aliphatic carboxylic acids is 1. The summed E-state index contributed by atoms with van der Waals surface area (Å²) in [7, 11) is 4.87. The molecule has 0 radical (unpaired) electrons. The van der Waals surface area contributed by atoms with E-state index in [4.69, 9.17) is 4.74 Å². The van der Waals surface area contributed by atoms with Crippen LogP contribution < -0.4 is 5.32 Å². The third-order valence-corrected chi connectivity index (χ3v) is 2.76. The van der Waals surface area contributed by atoms with Crippen molar-refractivity contribution >= 4 is 12.0 Å². The fourth-order valence-corrected chi connectivity index (χ4v) is 1.66. The van der Waals surface area contributed by atoms with Crippen LogP contribution in [0.3, 0.4) is 0 Å². The third-order valence-electron chi connectivity index (χ3n) is 2.76. The van der Waals surface area contributed by atoms with Crippen LogP contribution in [-0.4, -0.2) is 59.1 Å². The molecular weight excluding hydrogens is 264 g/mol. The predicted octanol–water partition coefficient (Wildman–Crippen LogP) is 0.224. The Labute approximate surface area is 117 Å². The van der Waals surface area contributed by atoms with Crippen LogP contribution in [0.2, 0.25) is 0 Å². The highest BCUT2D eigenvalue weighted by Crippen LogP contribution is 2.12. The number of carboxylic acids is 1. The molecule has 0 bridgehead atoms. The smallest absolute Gasteiger partial charge is 0.331 e. The number of amides is 2. The minimum Gasteiger partial charge on any atom is -0.479 e. The van der Waals surface area contributed by atoms with Crippen molar-refractivity contribution in [3.05, 3.63) is 18.0 Å². The number of carbonyl (C=O) groups excluding carboxylic acids is 1. The van der Waals surface area contributed by atoms with Gasteiger partial charge in [0.1, 0.15) is 0 Å².